The first kappa shape index (κ1) is 49.1. The van der Waals surface area contributed by atoms with Gasteiger partial charge in [-0.3, -0.25) is 19.2 Å². The molecule has 14 nitrogen and oxygen atoms in total. The van der Waals surface area contributed by atoms with Crippen molar-refractivity contribution in [1.29, 1.82) is 0 Å². The first-order valence-corrected chi connectivity index (χ1v) is 23.4. The first-order chi connectivity index (χ1) is 32.9. The van der Waals surface area contributed by atoms with Crippen LogP contribution in [0, 0.1) is 5.92 Å². The number of aryl methyl sites for hydroxylation is 1. The summed E-state index contributed by atoms with van der Waals surface area (Å²) in [6.07, 6.45) is 0.690. The minimum Gasteiger partial charge on any atom is -0.439 e. The predicted molar refractivity (Wildman–Crippen MR) is 252 cm³/mol. The standard InChI is InChI=1S/C51H56ClF3N8O6/c1-31-47(66)58-41(29-64)48(67)59-50(24-32-10-16-37(52)17-11-32)20-7-21-62(30-50)49(68)40(39-18-13-33-8-5-6-9-38(33)39)23-46(65)63(31)27-35-12-15-36(51(53,54)55)22-43(35)69-45-19-14-34(25-57-45)42-26-56-44(61(42)4)28-60(2)3/h5-6,8-12,14-17,19,22,25-26,31,39-41,64H,7,13,18,20-21,23-24,27-30H2,1-4H3,(H,58,66)(H,59,67)/t31-,39+,40-,41-,50+/m0/s1. The second-order valence-electron chi connectivity index (χ2n) is 18.7. The van der Waals surface area contributed by atoms with Crippen LogP contribution in [0.15, 0.2) is 91.3 Å². The molecule has 364 valence electrons. The molecule has 3 aliphatic rings. The largest absolute Gasteiger partial charge is 0.439 e. The van der Waals surface area contributed by atoms with E-state index in [9.17, 15) is 27.9 Å². The van der Waals surface area contributed by atoms with Gasteiger partial charge < -0.3 is 39.7 Å². The van der Waals surface area contributed by atoms with Gasteiger partial charge in [0, 0.05) is 55.0 Å². The van der Waals surface area contributed by atoms with Crippen molar-refractivity contribution in [2.24, 2.45) is 13.0 Å². The molecule has 4 amide bonds. The highest BCUT2D eigenvalue weighted by Gasteiger charge is 2.46. The van der Waals surface area contributed by atoms with Crippen molar-refractivity contribution >= 4 is 35.2 Å². The fourth-order valence-electron chi connectivity index (χ4n) is 9.96. The van der Waals surface area contributed by atoms with Gasteiger partial charge in [-0.15, -0.1) is 0 Å². The highest BCUT2D eigenvalue weighted by atomic mass is 35.5. The number of aliphatic hydroxyl groups is 1. The van der Waals surface area contributed by atoms with E-state index < -0.39 is 66.2 Å². The summed E-state index contributed by atoms with van der Waals surface area (Å²) in [6.45, 7) is 1.25. The SMILES string of the molecule is C[C@H]1C(=O)N[C@@H](CO)C(=O)N[C@@]2(Cc3ccc(Cl)cc3)CCCN(C2)C(=O)[C@H]([C@@H]2CCc3ccccc32)CC(=O)N1Cc1ccc(C(F)(F)F)cc1Oc1ccc(-c2cnc(CN(C)C)n2C)cn1. The Labute approximate surface area is 403 Å². The fraction of sp³-hybridized carbons (Fsp3) is 0.412. The monoisotopic (exact) mass is 968 g/mol. The lowest BCUT2D eigenvalue weighted by atomic mass is 9.80. The Morgan fingerprint density at radius 2 is 1.72 bits per heavy atom. The maximum Gasteiger partial charge on any atom is 0.416 e. The third kappa shape index (κ3) is 11.0. The Kier molecular flexibility index (Phi) is 14.5. The number of aromatic nitrogens is 3. The maximum absolute atomic E-state index is 15.3. The van der Waals surface area contributed by atoms with Gasteiger partial charge in [0.25, 0.3) is 0 Å². The van der Waals surface area contributed by atoms with Crippen LogP contribution in [0.2, 0.25) is 5.02 Å². The Morgan fingerprint density at radius 1 is 0.957 bits per heavy atom. The number of pyridine rings is 1. The molecule has 0 unspecified atom stereocenters. The molecule has 18 heteroatoms. The highest BCUT2D eigenvalue weighted by Crippen LogP contribution is 2.42. The van der Waals surface area contributed by atoms with Crippen LogP contribution in [-0.4, -0.2) is 109 Å². The third-order valence-electron chi connectivity index (χ3n) is 13.6. The molecule has 2 aromatic heterocycles. The molecule has 5 atom stereocenters. The van der Waals surface area contributed by atoms with Crippen LogP contribution in [-0.2, 0) is 58.3 Å². The molecule has 5 aromatic rings. The molecule has 2 saturated heterocycles. The number of amides is 4. The average molecular weight is 970 g/mol. The van der Waals surface area contributed by atoms with Crippen LogP contribution in [0.25, 0.3) is 11.3 Å². The molecule has 8 rings (SSSR count). The van der Waals surface area contributed by atoms with Gasteiger partial charge in [-0.25, -0.2) is 9.97 Å². The van der Waals surface area contributed by atoms with E-state index in [2.05, 4.69) is 20.6 Å². The molecule has 0 saturated carbocycles. The first-order valence-electron chi connectivity index (χ1n) is 23.1. The zero-order valence-electron chi connectivity index (χ0n) is 38.9. The van der Waals surface area contributed by atoms with Crippen LogP contribution in [0.1, 0.15) is 72.2 Å². The number of nitrogens with zero attached hydrogens (tertiary/aromatic N) is 6. The van der Waals surface area contributed by atoms with Crippen molar-refractivity contribution in [3.63, 3.8) is 0 Å². The molecule has 4 heterocycles. The average Bonchev–Trinajstić information content (AvgIpc) is 3.91. The number of ether oxygens (including phenoxy) is 1. The third-order valence-corrected chi connectivity index (χ3v) is 13.9. The second kappa shape index (κ2) is 20.3. The van der Waals surface area contributed by atoms with Crippen LogP contribution in [0.3, 0.4) is 0 Å². The number of alkyl halides is 3. The molecule has 1 aliphatic carbocycles. The Hall–Kier alpha value is -6.30. The van der Waals surface area contributed by atoms with Crippen molar-refractivity contribution in [2.45, 2.75) is 88.3 Å². The number of piperidine rings is 1. The summed E-state index contributed by atoms with van der Waals surface area (Å²) in [5.74, 6) is -3.18. The van der Waals surface area contributed by atoms with Crippen molar-refractivity contribution < 1.29 is 42.2 Å². The molecule has 69 heavy (non-hydrogen) atoms. The Bertz CT molecular complexity index is 2700. The van der Waals surface area contributed by atoms with Crippen LogP contribution in [0.5, 0.6) is 11.6 Å². The number of fused-ring (bicyclic) bond motifs is 3. The van der Waals surface area contributed by atoms with E-state index in [-0.39, 0.29) is 42.0 Å². The molecular weight excluding hydrogens is 913 g/mol. The van der Waals surface area contributed by atoms with Gasteiger partial charge in [-0.05, 0) is 106 Å². The molecule has 0 spiro atoms. The van der Waals surface area contributed by atoms with Crippen molar-refractivity contribution in [2.75, 3.05) is 33.8 Å². The topological polar surface area (TPSA) is 162 Å². The number of hydrogen-bond donors (Lipinski definition) is 3. The summed E-state index contributed by atoms with van der Waals surface area (Å²) < 4.78 is 51.0. The van der Waals surface area contributed by atoms with Gasteiger partial charge in [0.2, 0.25) is 29.5 Å². The molecule has 3 N–H and O–H groups in total. The quantitative estimate of drug-likeness (QED) is 0.131. The molecule has 2 fully saturated rings. The van der Waals surface area contributed by atoms with E-state index >= 15 is 9.59 Å². The van der Waals surface area contributed by atoms with Crippen LogP contribution < -0.4 is 15.4 Å². The zero-order valence-corrected chi connectivity index (χ0v) is 39.7. The summed E-state index contributed by atoms with van der Waals surface area (Å²) >= 11 is 6.22. The van der Waals surface area contributed by atoms with Crippen molar-refractivity contribution in [1.82, 2.24) is 39.9 Å². The normalized spacial score (nSPS) is 22.6. The molecule has 3 aromatic carbocycles. The number of carbonyl (C=O) groups excluding carboxylic acids is 4. The summed E-state index contributed by atoms with van der Waals surface area (Å²) in [5, 5.41) is 16.9. The highest BCUT2D eigenvalue weighted by molar-refractivity contribution is 6.30. The summed E-state index contributed by atoms with van der Waals surface area (Å²) in [6, 6.07) is 18.2. The Morgan fingerprint density at radius 3 is 2.43 bits per heavy atom. The lowest BCUT2D eigenvalue weighted by Gasteiger charge is -2.46. The van der Waals surface area contributed by atoms with Gasteiger partial charge in [0.1, 0.15) is 23.7 Å². The number of aliphatic hydroxyl groups excluding tert-OH is 1. The van der Waals surface area contributed by atoms with Crippen molar-refractivity contribution in [3.8, 4) is 22.9 Å². The summed E-state index contributed by atoms with van der Waals surface area (Å²) in [7, 11) is 5.73. The maximum atomic E-state index is 15.3. The van der Waals surface area contributed by atoms with Gasteiger partial charge in [0.15, 0.2) is 0 Å². The van der Waals surface area contributed by atoms with Crippen molar-refractivity contribution in [3.05, 3.63) is 130 Å². The van der Waals surface area contributed by atoms with Crippen LogP contribution in [0.4, 0.5) is 13.2 Å². The van der Waals surface area contributed by atoms with E-state index in [1.54, 1.807) is 29.3 Å². The lowest BCUT2D eigenvalue weighted by Crippen LogP contribution is -2.65. The number of benzene rings is 3. The smallest absolute Gasteiger partial charge is 0.416 e. The second-order valence-corrected chi connectivity index (χ2v) is 19.1. The Balaban J connectivity index is 1.16. The summed E-state index contributed by atoms with van der Waals surface area (Å²) in [5.41, 5.74) is 2.37. The minimum absolute atomic E-state index is 0.0378. The lowest BCUT2D eigenvalue weighted by molar-refractivity contribution is -0.148. The number of carbonyl (C=O) groups is 4. The van der Waals surface area contributed by atoms with Crippen LogP contribution >= 0.6 is 11.6 Å². The van der Waals surface area contributed by atoms with E-state index in [0.29, 0.717) is 55.8 Å². The zero-order chi connectivity index (χ0) is 49.2. The van der Waals surface area contributed by atoms with E-state index in [1.165, 1.54) is 30.2 Å². The molecule has 0 radical (unpaired) electrons. The van der Waals surface area contributed by atoms with E-state index in [1.807, 2.05) is 67.0 Å². The number of hydrogen-bond acceptors (Lipinski definition) is 9. The summed E-state index contributed by atoms with van der Waals surface area (Å²) in [4.78, 5) is 72.8. The predicted octanol–water partition coefficient (Wildman–Crippen LogP) is 6.67. The van der Waals surface area contributed by atoms with E-state index in [0.717, 1.165) is 40.3 Å². The van der Waals surface area contributed by atoms with Gasteiger partial charge in [-0.2, -0.15) is 13.2 Å². The van der Waals surface area contributed by atoms with Gasteiger partial charge in [0.05, 0.1) is 48.6 Å². The number of imidazole rings is 1. The molecule has 2 aliphatic heterocycles. The number of halogens is 4. The van der Waals surface area contributed by atoms with E-state index in [4.69, 9.17) is 16.3 Å². The number of rotatable bonds is 11. The minimum atomic E-state index is -4.77. The van der Waals surface area contributed by atoms with Gasteiger partial charge >= 0.3 is 6.18 Å². The number of nitrogens with one attached hydrogen (secondary N) is 2. The van der Waals surface area contributed by atoms with Gasteiger partial charge in [-0.1, -0.05) is 54.1 Å². The molecule has 2 bridgehead atoms. The molecular formula is C51H56ClF3N8O6. The fourth-order valence-corrected chi connectivity index (χ4v) is 10.1.